The second-order valence-corrected chi connectivity index (χ2v) is 9.95. The van der Waals surface area contributed by atoms with Gasteiger partial charge in [-0.1, -0.05) is 48.7 Å². The Hall–Kier alpha value is -2.09. The Morgan fingerprint density at radius 1 is 1.13 bits per heavy atom. The van der Waals surface area contributed by atoms with Crippen LogP contribution in [0.5, 0.6) is 0 Å². The number of halogens is 1. The fraction of sp³-hybridized carbons (Fsp3) is 0.409. The Bertz CT molecular complexity index is 997. The zero-order chi connectivity index (χ0) is 21.9. The smallest absolute Gasteiger partial charge is 0.264 e. The van der Waals surface area contributed by atoms with E-state index in [0.717, 1.165) is 22.7 Å². The van der Waals surface area contributed by atoms with Crippen molar-refractivity contribution in [1.82, 2.24) is 4.90 Å². The summed E-state index contributed by atoms with van der Waals surface area (Å²) in [6.45, 7) is 1.45. The van der Waals surface area contributed by atoms with Crippen molar-refractivity contribution in [2.75, 3.05) is 17.9 Å². The molecule has 3 rings (SSSR count). The highest BCUT2D eigenvalue weighted by Crippen LogP contribution is 2.29. The van der Waals surface area contributed by atoms with Crippen LogP contribution in [0, 0.1) is 6.92 Å². The van der Waals surface area contributed by atoms with Crippen LogP contribution >= 0.6 is 11.6 Å². The molecule has 162 valence electrons. The zero-order valence-corrected chi connectivity index (χ0v) is 18.7. The van der Waals surface area contributed by atoms with E-state index in [-0.39, 0.29) is 23.4 Å². The number of nitrogens with zero attached hydrogens (tertiary/aromatic N) is 2. The maximum atomic E-state index is 13.4. The van der Waals surface area contributed by atoms with Crippen molar-refractivity contribution >= 4 is 33.2 Å². The Labute approximate surface area is 183 Å². The summed E-state index contributed by atoms with van der Waals surface area (Å²) in [4.78, 5) is 14.6. The molecule has 1 saturated carbocycles. The third-order valence-electron chi connectivity index (χ3n) is 5.64. The van der Waals surface area contributed by atoms with Gasteiger partial charge in [-0.2, -0.15) is 0 Å². The number of anilines is 1. The number of sulfonamides is 1. The molecule has 1 fully saturated rings. The standard InChI is InChI=1S/C22H27ClN2O4S/c1-16-12-13-17(14-19(16)23)25(30(28,29)18-8-4-3-5-9-18)15-22(27)24(2)20-10-6-7-11-21(20)26/h3-5,8-9,12-14,20-21,26H,6-7,10-11,15H2,1-2H3. The predicted octanol–water partition coefficient (Wildman–Crippen LogP) is 3.61. The lowest BCUT2D eigenvalue weighted by atomic mass is 9.91. The molecule has 0 aliphatic heterocycles. The van der Waals surface area contributed by atoms with E-state index >= 15 is 0 Å². The van der Waals surface area contributed by atoms with Crippen molar-refractivity contribution in [1.29, 1.82) is 0 Å². The van der Waals surface area contributed by atoms with Gasteiger partial charge in [0, 0.05) is 12.1 Å². The first kappa shape index (κ1) is 22.6. The number of benzene rings is 2. The van der Waals surface area contributed by atoms with Crippen molar-refractivity contribution in [3.63, 3.8) is 0 Å². The lowest BCUT2D eigenvalue weighted by Gasteiger charge is -2.36. The summed E-state index contributed by atoms with van der Waals surface area (Å²) in [5.41, 5.74) is 1.13. The van der Waals surface area contributed by atoms with Crippen LogP contribution in [0.1, 0.15) is 31.2 Å². The number of likely N-dealkylation sites (N-methyl/N-ethyl adjacent to an activating group) is 1. The molecule has 2 aromatic rings. The van der Waals surface area contributed by atoms with Crippen molar-refractivity contribution in [3.05, 3.63) is 59.1 Å². The molecule has 2 unspecified atom stereocenters. The molecule has 0 spiro atoms. The fourth-order valence-electron chi connectivity index (χ4n) is 3.73. The van der Waals surface area contributed by atoms with Crippen LogP contribution in [0.2, 0.25) is 5.02 Å². The van der Waals surface area contributed by atoms with Crippen LogP contribution in [0.4, 0.5) is 5.69 Å². The van der Waals surface area contributed by atoms with Gasteiger partial charge in [0.1, 0.15) is 6.54 Å². The van der Waals surface area contributed by atoms with Crippen LogP contribution in [0.25, 0.3) is 0 Å². The van der Waals surface area contributed by atoms with Crippen LogP contribution in [-0.2, 0) is 14.8 Å². The van der Waals surface area contributed by atoms with E-state index < -0.39 is 16.1 Å². The van der Waals surface area contributed by atoms with E-state index in [2.05, 4.69) is 0 Å². The Morgan fingerprint density at radius 2 is 1.80 bits per heavy atom. The molecule has 0 aromatic heterocycles. The van der Waals surface area contributed by atoms with Crippen LogP contribution in [-0.4, -0.2) is 50.1 Å². The first-order chi connectivity index (χ1) is 14.2. The molecule has 30 heavy (non-hydrogen) atoms. The number of carbonyl (C=O) groups is 1. The number of carbonyl (C=O) groups excluding carboxylic acids is 1. The maximum Gasteiger partial charge on any atom is 0.264 e. The normalized spacial score (nSPS) is 19.3. The molecule has 0 bridgehead atoms. The van der Waals surface area contributed by atoms with Gasteiger partial charge < -0.3 is 10.0 Å². The first-order valence-corrected chi connectivity index (χ1v) is 11.8. The zero-order valence-electron chi connectivity index (χ0n) is 17.2. The van der Waals surface area contributed by atoms with Gasteiger partial charge in [0.15, 0.2) is 0 Å². The third-order valence-corrected chi connectivity index (χ3v) is 7.83. The van der Waals surface area contributed by atoms with Crippen molar-refractivity contribution in [2.24, 2.45) is 0 Å². The lowest BCUT2D eigenvalue weighted by Crippen LogP contribution is -2.50. The summed E-state index contributed by atoms with van der Waals surface area (Å²) in [6, 6.07) is 12.6. The minimum atomic E-state index is -3.99. The van der Waals surface area contributed by atoms with Gasteiger partial charge in [0.2, 0.25) is 5.91 Å². The average molecular weight is 451 g/mol. The van der Waals surface area contributed by atoms with E-state index in [4.69, 9.17) is 11.6 Å². The SMILES string of the molecule is Cc1ccc(N(CC(=O)N(C)C2CCCCC2O)S(=O)(=O)c2ccccc2)cc1Cl. The van der Waals surface area contributed by atoms with Gasteiger partial charge in [0.25, 0.3) is 10.0 Å². The highest BCUT2D eigenvalue weighted by atomic mass is 35.5. The van der Waals surface area contributed by atoms with Crippen LogP contribution in [0.15, 0.2) is 53.4 Å². The highest BCUT2D eigenvalue weighted by molar-refractivity contribution is 7.92. The number of aliphatic hydroxyl groups excluding tert-OH is 1. The van der Waals surface area contributed by atoms with E-state index in [1.807, 2.05) is 6.92 Å². The van der Waals surface area contributed by atoms with E-state index in [0.29, 0.717) is 23.6 Å². The van der Waals surface area contributed by atoms with Gasteiger partial charge in [-0.05, 0) is 49.6 Å². The fourth-order valence-corrected chi connectivity index (χ4v) is 5.34. The molecule has 8 heteroatoms. The van der Waals surface area contributed by atoms with Crippen LogP contribution < -0.4 is 4.31 Å². The lowest BCUT2D eigenvalue weighted by molar-refractivity contribution is -0.133. The summed E-state index contributed by atoms with van der Waals surface area (Å²) < 4.78 is 27.9. The molecule has 2 atom stereocenters. The Kier molecular flexibility index (Phi) is 7.06. The van der Waals surface area contributed by atoms with Gasteiger partial charge >= 0.3 is 0 Å². The molecule has 2 aromatic carbocycles. The minimum Gasteiger partial charge on any atom is -0.391 e. The van der Waals surface area contributed by atoms with E-state index in [1.165, 1.54) is 17.0 Å². The number of aliphatic hydroxyl groups is 1. The molecular formula is C22H27ClN2O4S. The van der Waals surface area contributed by atoms with Gasteiger partial charge in [-0.25, -0.2) is 8.42 Å². The van der Waals surface area contributed by atoms with Crippen molar-refractivity contribution in [2.45, 2.75) is 49.6 Å². The number of aryl methyl sites for hydroxylation is 1. The van der Waals surface area contributed by atoms with E-state index in [1.54, 1.807) is 43.4 Å². The Balaban J connectivity index is 1.95. The topological polar surface area (TPSA) is 77.9 Å². The minimum absolute atomic E-state index is 0.0925. The molecule has 1 aliphatic rings. The quantitative estimate of drug-likeness (QED) is 0.729. The predicted molar refractivity (Wildman–Crippen MR) is 118 cm³/mol. The summed E-state index contributed by atoms with van der Waals surface area (Å²) in [6.07, 6.45) is 2.60. The van der Waals surface area contributed by atoms with Gasteiger partial charge in [0.05, 0.1) is 22.7 Å². The van der Waals surface area contributed by atoms with Gasteiger partial charge in [-0.15, -0.1) is 0 Å². The number of hydrogen-bond donors (Lipinski definition) is 1. The molecular weight excluding hydrogens is 424 g/mol. The van der Waals surface area contributed by atoms with Crippen LogP contribution in [0.3, 0.4) is 0 Å². The summed E-state index contributed by atoms with van der Waals surface area (Å²) >= 11 is 6.24. The molecule has 1 N–H and O–H groups in total. The third kappa shape index (κ3) is 4.79. The summed E-state index contributed by atoms with van der Waals surface area (Å²) in [7, 11) is -2.37. The van der Waals surface area contributed by atoms with Crippen molar-refractivity contribution < 1.29 is 18.3 Å². The number of amides is 1. The highest BCUT2D eigenvalue weighted by Gasteiger charge is 2.33. The first-order valence-electron chi connectivity index (χ1n) is 9.99. The van der Waals surface area contributed by atoms with Gasteiger partial charge in [-0.3, -0.25) is 9.10 Å². The second kappa shape index (κ2) is 9.37. The molecule has 0 saturated heterocycles. The number of hydrogen-bond acceptors (Lipinski definition) is 4. The second-order valence-electron chi connectivity index (χ2n) is 7.68. The maximum absolute atomic E-state index is 13.4. The Morgan fingerprint density at radius 3 is 2.43 bits per heavy atom. The molecule has 0 radical (unpaired) electrons. The average Bonchev–Trinajstić information content (AvgIpc) is 2.74. The van der Waals surface area contributed by atoms with E-state index in [9.17, 15) is 18.3 Å². The molecule has 1 amide bonds. The van der Waals surface area contributed by atoms with Crippen molar-refractivity contribution in [3.8, 4) is 0 Å². The molecule has 6 nitrogen and oxygen atoms in total. The molecule has 1 aliphatic carbocycles. The summed E-state index contributed by atoms with van der Waals surface area (Å²) in [5, 5.41) is 10.7. The largest absolute Gasteiger partial charge is 0.391 e. The summed E-state index contributed by atoms with van der Waals surface area (Å²) in [5.74, 6) is -0.378. The number of rotatable bonds is 6. The molecule has 0 heterocycles. The monoisotopic (exact) mass is 450 g/mol.